The number of rotatable bonds is 9. The van der Waals surface area contributed by atoms with E-state index in [1.54, 1.807) is 0 Å². The van der Waals surface area contributed by atoms with Crippen molar-refractivity contribution in [2.24, 2.45) is 0 Å². The van der Waals surface area contributed by atoms with Gasteiger partial charge in [0.1, 0.15) is 6.54 Å². The summed E-state index contributed by atoms with van der Waals surface area (Å²) in [6, 6.07) is 16.8. The summed E-state index contributed by atoms with van der Waals surface area (Å²) in [6.45, 7) is 4.95. The number of nitrogens with one attached hydrogen (secondary N) is 2. The number of carbonyl (C=O) groups excluding carboxylic acids is 1. The number of likely N-dealkylation sites (N-methyl/N-ethyl adjacent to an activating group) is 1. The molecule has 5 nitrogen and oxygen atoms in total. The van der Waals surface area contributed by atoms with Gasteiger partial charge in [0.15, 0.2) is 6.54 Å². The summed E-state index contributed by atoms with van der Waals surface area (Å²) < 4.78 is 0. The predicted octanol–water partition coefficient (Wildman–Crippen LogP) is 1.54. The van der Waals surface area contributed by atoms with Gasteiger partial charge in [0.05, 0.1) is 6.54 Å². The lowest BCUT2D eigenvalue weighted by Gasteiger charge is -2.18. The fourth-order valence-electron chi connectivity index (χ4n) is 2.92. The maximum Gasteiger partial charge on any atom is 0.275 e. The molecular weight excluding hydrogens is 336 g/mol. The summed E-state index contributed by atoms with van der Waals surface area (Å²) in [5.74, 6) is 0.0912. The van der Waals surface area contributed by atoms with Crippen molar-refractivity contribution in [1.29, 1.82) is 0 Å². The van der Waals surface area contributed by atoms with Gasteiger partial charge in [0.25, 0.3) is 5.91 Å². The first-order valence-electron chi connectivity index (χ1n) is 9.51. The van der Waals surface area contributed by atoms with Crippen LogP contribution in [0.4, 0.5) is 11.4 Å². The molecule has 2 aromatic carbocycles. The molecule has 0 bridgehead atoms. The topological polar surface area (TPSA) is 40.0 Å². The molecule has 0 spiro atoms. The van der Waals surface area contributed by atoms with Crippen LogP contribution in [-0.2, 0) is 17.9 Å². The molecule has 2 rings (SSSR count). The molecule has 146 valence electrons. The minimum atomic E-state index is 0.0912. The number of hydrogen-bond acceptors (Lipinski definition) is 3. The highest BCUT2D eigenvalue weighted by atomic mass is 16.2. The predicted molar refractivity (Wildman–Crippen MR) is 113 cm³/mol. The average molecular weight is 370 g/mol. The molecule has 2 N–H and O–H groups in total. The molecule has 1 atom stereocenters. The van der Waals surface area contributed by atoms with Gasteiger partial charge in [-0.05, 0) is 36.8 Å². The fraction of sp³-hybridized carbons (Fsp3) is 0.409. The Morgan fingerprint density at radius 2 is 1.33 bits per heavy atom. The molecule has 0 aliphatic carbocycles. The van der Waals surface area contributed by atoms with Gasteiger partial charge in [-0.15, -0.1) is 0 Å². The van der Waals surface area contributed by atoms with Crippen molar-refractivity contribution in [3.63, 3.8) is 0 Å². The minimum absolute atomic E-state index is 0.0912. The van der Waals surface area contributed by atoms with Crippen molar-refractivity contribution in [2.75, 3.05) is 51.1 Å². The number of carbonyl (C=O) groups is 1. The first kappa shape index (κ1) is 20.8. The highest BCUT2D eigenvalue weighted by molar-refractivity contribution is 5.76. The lowest BCUT2D eigenvalue weighted by atomic mass is 10.2. The van der Waals surface area contributed by atoms with Crippen LogP contribution in [0, 0.1) is 0 Å². The average Bonchev–Trinajstić information content (AvgIpc) is 2.66. The van der Waals surface area contributed by atoms with E-state index in [0.717, 1.165) is 24.3 Å². The summed E-state index contributed by atoms with van der Waals surface area (Å²) in [6.07, 6.45) is 0. The Morgan fingerprint density at radius 1 is 0.852 bits per heavy atom. The number of quaternary nitrogens is 1. The molecule has 1 unspecified atom stereocenters. The zero-order valence-corrected chi connectivity index (χ0v) is 17.2. The second-order valence-electron chi connectivity index (χ2n) is 7.36. The quantitative estimate of drug-likeness (QED) is 0.704. The summed E-state index contributed by atoms with van der Waals surface area (Å²) in [7, 11) is 8.12. The summed E-state index contributed by atoms with van der Waals surface area (Å²) in [5.41, 5.74) is 4.72. The first-order chi connectivity index (χ1) is 12.9. The standard InChI is InChI=1S/C22H32N4O/c1-6-26(16-19-9-13-21(14-10-19)25(4)5)17-22(27)23-15-18-7-11-20(12-8-18)24(2)3/h7-14H,6,15-17H2,1-5H3,(H,23,27)/p+1. The number of benzene rings is 2. The third-order valence-electron chi connectivity index (χ3n) is 4.76. The molecule has 27 heavy (non-hydrogen) atoms. The molecule has 0 aliphatic rings. The lowest BCUT2D eigenvalue weighted by molar-refractivity contribution is -0.904. The van der Waals surface area contributed by atoms with Crippen molar-refractivity contribution < 1.29 is 9.69 Å². The van der Waals surface area contributed by atoms with E-state index in [1.165, 1.54) is 16.2 Å². The molecule has 2 aromatic rings. The minimum Gasteiger partial charge on any atom is -0.378 e. The van der Waals surface area contributed by atoms with Crippen molar-refractivity contribution in [3.8, 4) is 0 Å². The zero-order chi connectivity index (χ0) is 19.8. The molecule has 0 saturated heterocycles. The monoisotopic (exact) mass is 369 g/mol. The van der Waals surface area contributed by atoms with Gasteiger partial charge < -0.3 is 20.0 Å². The van der Waals surface area contributed by atoms with E-state index >= 15 is 0 Å². The first-order valence-corrected chi connectivity index (χ1v) is 9.51. The lowest BCUT2D eigenvalue weighted by Crippen LogP contribution is -3.11. The molecule has 0 aromatic heterocycles. The third-order valence-corrected chi connectivity index (χ3v) is 4.76. The van der Waals surface area contributed by atoms with E-state index < -0.39 is 0 Å². The van der Waals surface area contributed by atoms with E-state index in [-0.39, 0.29) is 5.91 Å². The molecule has 0 heterocycles. The van der Waals surface area contributed by atoms with Gasteiger partial charge in [0, 0.05) is 51.7 Å². The smallest absolute Gasteiger partial charge is 0.275 e. The second kappa shape index (κ2) is 9.97. The van der Waals surface area contributed by atoms with Crippen LogP contribution >= 0.6 is 0 Å². The van der Waals surface area contributed by atoms with Crippen LogP contribution in [0.1, 0.15) is 18.1 Å². The van der Waals surface area contributed by atoms with Crippen molar-refractivity contribution >= 4 is 17.3 Å². The van der Waals surface area contributed by atoms with Crippen LogP contribution in [0.2, 0.25) is 0 Å². The molecule has 0 aliphatic heterocycles. The van der Waals surface area contributed by atoms with Crippen LogP contribution < -0.4 is 20.0 Å². The molecule has 0 fully saturated rings. The number of anilines is 2. The van der Waals surface area contributed by atoms with E-state index in [1.807, 2.05) is 28.2 Å². The molecular formula is C22H33N4O+. The summed E-state index contributed by atoms with van der Waals surface area (Å²) >= 11 is 0. The molecule has 5 heteroatoms. The van der Waals surface area contributed by atoms with Gasteiger partial charge >= 0.3 is 0 Å². The van der Waals surface area contributed by atoms with E-state index in [0.29, 0.717) is 13.1 Å². The van der Waals surface area contributed by atoms with Crippen LogP contribution in [-0.4, -0.2) is 47.2 Å². The highest BCUT2D eigenvalue weighted by Gasteiger charge is 2.13. The Morgan fingerprint density at radius 3 is 1.78 bits per heavy atom. The number of nitrogens with zero attached hydrogens (tertiary/aromatic N) is 2. The molecule has 0 saturated carbocycles. The normalized spacial score (nSPS) is 11.7. The number of hydrogen-bond donors (Lipinski definition) is 2. The Balaban J connectivity index is 1.83. The van der Waals surface area contributed by atoms with Crippen molar-refractivity contribution in [1.82, 2.24) is 5.32 Å². The number of amides is 1. The second-order valence-corrected chi connectivity index (χ2v) is 7.36. The van der Waals surface area contributed by atoms with Crippen molar-refractivity contribution in [2.45, 2.75) is 20.0 Å². The van der Waals surface area contributed by atoms with Gasteiger partial charge in [-0.2, -0.15) is 0 Å². The van der Waals surface area contributed by atoms with Gasteiger partial charge in [-0.3, -0.25) is 4.79 Å². The van der Waals surface area contributed by atoms with Crippen LogP contribution in [0.3, 0.4) is 0 Å². The highest BCUT2D eigenvalue weighted by Crippen LogP contribution is 2.12. The Hall–Kier alpha value is -2.53. The molecule has 0 radical (unpaired) electrons. The third kappa shape index (κ3) is 6.61. The summed E-state index contributed by atoms with van der Waals surface area (Å²) in [4.78, 5) is 17.8. The Labute approximate surface area is 163 Å². The maximum absolute atomic E-state index is 12.3. The maximum atomic E-state index is 12.3. The van der Waals surface area contributed by atoms with E-state index in [4.69, 9.17) is 0 Å². The summed E-state index contributed by atoms with van der Waals surface area (Å²) in [5, 5.41) is 3.04. The zero-order valence-electron chi connectivity index (χ0n) is 17.2. The molecule has 1 amide bonds. The largest absolute Gasteiger partial charge is 0.378 e. The van der Waals surface area contributed by atoms with Gasteiger partial charge in [-0.25, -0.2) is 0 Å². The fourth-order valence-corrected chi connectivity index (χ4v) is 2.92. The van der Waals surface area contributed by atoms with Gasteiger partial charge in [-0.1, -0.05) is 24.3 Å². The van der Waals surface area contributed by atoms with Crippen molar-refractivity contribution in [3.05, 3.63) is 59.7 Å². The SMILES string of the molecule is CC[NH+](CC(=O)NCc1ccc(N(C)C)cc1)Cc1ccc(N(C)C)cc1. The van der Waals surface area contributed by atoms with Crippen LogP contribution in [0.25, 0.3) is 0 Å². The van der Waals surface area contributed by atoms with Crippen LogP contribution in [0.5, 0.6) is 0 Å². The van der Waals surface area contributed by atoms with E-state index in [2.05, 4.69) is 70.6 Å². The Kier molecular flexibility index (Phi) is 7.67. The van der Waals surface area contributed by atoms with E-state index in [9.17, 15) is 4.79 Å². The Bertz CT molecular complexity index is 708. The van der Waals surface area contributed by atoms with Crippen LogP contribution in [0.15, 0.2) is 48.5 Å². The van der Waals surface area contributed by atoms with Gasteiger partial charge in [0.2, 0.25) is 0 Å².